The summed E-state index contributed by atoms with van der Waals surface area (Å²) in [6.07, 6.45) is 3.59. The molecule has 0 saturated heterocycles. The molecular formula is C23H22N2O5. The Morgan fingerprint density at radius 2 is 1.87 bits per heavy atom. The monoisotopic (exact) mass is 406 g/mol. The van der Waals surface area contributed by atoms with Crippen LogP contribution < -0.4 is 10.2 Å². The Labute approximate surface area is 173 Å². The lowest BCUT2D eigenvalue weighted by molar-refractivity contribution is 0.0698. The molecule has 0 atom stereocenters. The van der Waals surface area contributed by atoms with Crippen LogP contribution in [-0.4, -0.2) is 17.6 Å². The van der Waals surface area contributed by atoms with E-state index in [2.05, 4.69) is 10.5 Å². The van der Waals surface area contributed by atoms with Crippen LogP contribution in [0.15, 0.2) is 50.5 Å². The highest BCUT2D eigenvalue weighted by molar-refractivity contribution is 6.06. The second-order valence-corrected chi connectivity index (χ2v) is 7.40. The SMILES string of the molecule is Cc1cc(C)cc(OC(=O)c2oc3c(c2C)/C(=N/NC(=O)c2ccco2)CCC3)c1. The van der Waals surface area contributed by atoms with Gasteiger partial charge in [-0.05, 0) is 69.0 Å². The van der Waals surface area contributed by atoms with Crippen LogP contribution in [0, 0.1) is 20.8 Å². The number of benzene rings is 1. The molecule has 0 radical (unpaired) electrons. The van der Waals surface area contributed by atoms with Crippen LogP contribution in [0.5, 0.6) is 5.75 Å². The molecule has 0 spiro atoms. The number of amides is 1. The second kappa shape index (κ2) is 8.02. The second-order valence-electron chi connectivity index (χ2n) is 7.40. The van der Waals surface area contributed by atoms with E-state index in [0.29, 0.717) is 35.6 Å². The van der Waals surface area contributed by atoms with Crippen LogP contribution in [0.1, 0.15) is 62.0 Å². The highest BCUT2D eigenvalue weighted by Crippen LogP contribution is 2.30. The minimum atomic E-state index is -0.550. The van der Waals surface area contributed by atoms with Crippen molar-refractivity contribution in [1.82, 2.24) is 5.43 Å². The molecule has 4 rings (SSSR count). The molecule has 2 aromatic heterocycles. The van der Waals surface area contributed by atoms with Crippen molar-refractivity contribution in [3.05, 3.63) is 76.1 Å². The zero-order chi connectivity index (χ0) is 21.3. The number of furan rings is 2. The Morgan fingerprint density at radius 1 is 1.10 bits per heavy atom. The van der Waals surface area contributed by atoms with E-state index in [4.69, 9.17) is 13.6 Å². The van der Waals surface area contributed by atoms with Gasteiger partial charge in [0.1, 0.15) is 11.5 Å². The van der Waals surface area contributed by atoms with E-state index < -0.39 is 11.9 Å². The Balaban J connectivity index is 1.58. The highest BCUT2D eigenvalue weighted by Gasteiger charge is 2.29. The number of esters is 1. The number of nitrogens with zero attached hydrogens (tertiary/aromatic N) is 1. The third-order valence-electron chi connectivity index (χ3n) is 4.95. The van der Waals surface area contributed by atoms with E-state index in [-0.39, 0.29) is 11.5 Å². The first-order chi connectivity index (χ1) is 14.4. The van der Waals surface area contributed by atoms with Crippen molar-refractivity contribution in [1.29, 1.82) is 0 Å². The van der Waals surface area contributed by atoms with E-state index in [1.54, 1.807) is 31.2 Å². The topological polar surface area (TPSA) is 94.0 Å². The van der Waals surface area contributed by atoms with Gasteiger partial charge in [0, 0.05) is 17.5 Å². The molecule has 0 bridgehead atoms. The minimum absolute atomic E-state index is 0.158. The Morgan fingerprint density at radius 3 is 2.57 bits per heavy atom. The van der Waals surface area contributed by atoms with E-state index >= 15 is 0 Å². The van der Waals surface area contributed by atoms with Gasteiger partial charge in [0.25, 0.3) is 0 Å². The number of hydrazone groups is 1. The van der Waals surface area contributed by atoms with Gasteiger partial charge in [-0.15, -0.1) is 0 Å². The molecule has 154 valence electrons. The van der Waals surface area contributed by atoms with Gasteiger partial charge in [-0.25, -0.2) is 10.2 Å². The summed E-state index contributed by atoms with van der Waals surface area (Å²) < 4.78 is 16.5. The average Bonchev–Trinajstić information content (AvgIpc) is 3.34. The molecule has 7 heteroatoms. The van der Waals surface area contributed by atoms with E-state index in [9.17, 15) is 9.59 Å². The number of hydrogen-bond acceptors (Lipinski definition) is 6. The Hall–Kier alpha value is -3.61. The van der Waals surface area contributed by atoms with Gasteiger partial charge in [-0.3, -0.25) is 4.79 Å². The fourth-order valence-electron chi connectivity index (χ4n) is 3.70. The van der Waals surface area contributed by atoms with Crippen LogP contribution in [0.2, 0.25) is 0 Å². The van der Waals surface area contributed by atoms with Gasteiger partial charge in [0.2, 0.25) is 5.76 Å². The molecule has 0 unspecified atom stereocenters. The zero-order valence-corrected chi connectivity index (χ0v) is 17.1. The molecule has 1 aliphatic rings. The molecular weight excluding hydrogens is 384 g/mol. The zero-order valence-electron chi connectivity index (χ0n) is 17.1. The number of carbonyl (C=O) groups is 2. The first-order valence-electron chi connectivity index (χ1n) is 9.76. The number of fused-ring (bicyclic) bond motifs is 1. The third-order valence-corrected chi connectivity index (χ3v) is 4.95. The fourth-order valence-corrected chi connectivity index (χ4v) is 3.70. The van der Waals surface area contributed by atoms with Crippen molar-refractivity contribution in [2.45, 2.75) is 40.0 Å². The Kier molecular flexibility index (Phi) is 5.27. The third kappa shape index (κ3) is 3.91. The number of nitrogens with one attached hydrogen (secondary N) is 1. The molecule has 7 nitrogen and oxygen atoms in total. The van der Waals surface area contributed by atoms with Gasteiger partial charge in [-0.1, -0.05) is 6.07 Å². The van der Waals surface area contributed by atoms with E-state index in [1.807, 2.05) is 19.9 Å². The molecule has 0 aliphatic heterocycles. The largest absolute Gasteiger partial charge is 0.459 e. The van der Waals surface area contributed by atoms with Crippen molar-refractivity contribution in [2.75, 3.05) is 0 Å². The molecule has 30 heavy (non-hydrogen) atoms. The van der Waals surface area contributed by atoms with Crippen LogP contribution in [0.4, 0.5) is 0 Å². The Bertz CT molecular complexity index is 1120. The van der Waals surface area contributed by atoms with Gasteiger partial charge < -0.3 is 13.6 Å². The highest BCUT2D eigenvalue weighted by atomic mass is 16.5. The molecule has 3 aromatic rings. The summed E-state index contributed by atoms with van der Waals surface area (Å²) in [6, 6.07) is 8.81. The van der Waals surface area contributed by atoms with Crippen molar-refractivity contribution >= 4 is 17.6 Å². The summed E-state index contributed by atoms with van der Waals surface area (Å²) >= 11 is 0. The lowest BCUT2D eigenvalue weighted by Crippen LogP contribution is -2.21. The summed E-state index contributed by atoms with van der Waals surface area (Å²) in [5.41, 5.74) is 6.61. The summed E-state index contributed by atoms with van der Waals surface area (Å²) in [6.45, 7) is 5.69. The number of hydrogen-bond donors (Lipinski definition) is 1. The lowest BCUT2D eigenvalue weighted by Gasteiger charge is -2.13. The standard InChI is InChI=1S/C23H22N2O5/c1-13-10-14(2)12-16(11-13)29-23(27)21-15(3)20-17(6-4-7-18(20)30-21)24-25-22(26)19-8-5-9-28-19/h5,8-12H,4,6-7H2,1-3H3,(H,25,26)/b24-17+. The maximum atomic E-state index is 12.8. The molecule has 1 amide bonds. The van der Waals surface area contributed by atoms with E-state index in [0.717, 1.165) is 23.1 Å². The minimum Gasteiger partial charge on any atom is -0.459 e. The molecule has 1 N–H and O–H groups in total. The molecule has 0 saturated carbocycles. The van der Waals surface area contributed by atoms with Gasteiger partial charge in [-0.2, -0.15) is 5.10 Å². The maximum absolute atomic E-state index is 12.8. The summed E-state index contributed by atoms with van der Waals surface area (Å²) in [5.74, 6) is 0.507. The molecule has 0 fully saturated rings. The summed E-state index contributed by atoms with van der Waals surface area (Å²) in [5, 5.41) is 4.27. The first-order valence-corrected chi connectivity index (χ1v) is 9.76. The quantitative estimate of drug-likeness (QED) is 0.391. The fraction of sp³-hybridized carbons (Fsp3) is 0.261. The molecule has 1 aliphatic carbocycles. The maximum Gasteiger partial charge on any atom is 0.379 e. The van der Waals surface area contributed by atoms with Gasteiger partial charge >= 0.3 is 11.9 Å². The molecule has 1 aromatic carbocycles. The van der Waals surface area contributed by atoms with E-state index in [1.165, 1.54) is 6.26 Å². The van der Waals surface area contributed by atoms with Crippen molar-refractivity contribution < 1.29 is 23.2 Å². The summed E-state index contributed by atoms with van der Waals surface area (Å²) in [7, 11) is 0. The van der Waals surface area contributed by atoms with Crippen LogP contribution in [-0.2, 0) is 6.42 Å². The number of ether oxygens (including phenoxy) is 1. The number of aryl methyl sites for hydroxylation is 3. The normalized spacial score (nSPS) is 14.4. The summed E-state index contributed by atoms with van der Waals surface area (Å²) in [4.78, 5) is 24.9. The van der Waals surface area contributed by atoms with Gasteiger partial charge in [0.05, 0.1) is 12.0 Å². The first kappa shape index (κ1) is 19.7. The average molecular weight is 406 g/mol. The smallest absolute Gasteiger partial charge is 0.379 e. The van der Waals surface area contributed by atoms with Crippen LogP contribution >= 0.6 is 0 Å². The van der Waals surface area contributed by atoms with Crippen molar-refractivity contribution in [3.8, 4) is 5.75 Å². The predicted octanol–water partition coefficient (Wildman–Crippen LogP) is 4.49. The van der Waals surface area contributed by atoms with Gasteiger partial charge in [0.15, 0.2) is 5.76 Å². The lowest BCUT2D eigenvalue weighted by atomic mass is 9.93. The predicted molar refractivity (Wildman–Crippen MR) is 110 cm³/mol. The van der Waals surface area contributed by atoms with Crippen LogP contribution in [0.3, 0.4) is 0 Å². The van der Waals surface area contributed by atoms with Crippen LogP contribution in [0.25, 0.3) is 0 Å². The van der Waals surface area contributed by atoms with Crippen molar-refractivity contribution in [3.63, 3.8) is 0 Å². The van der Waals surface area contributed by atoms with Crippen molar-refractivity contribution in [2.24, 2.45) is 5.10 Å². The number of carbonyl (C=O) groups excluding carboxylic acids is 2. The molecule has 2 heterocycles. The number of rotatable bonds is 4.